The zero-order valence-electron chi connectivity index (χ0n) is 9.32. The van der Waals surface area contributed by atoms with Gasteiger partial charge in [-0.2, -0.15) is 13.2 Å². The molecule has 1 aliphatic heterocycles. The van der Waals surface area contributed by atoms with Gasteiger partial charge in [0.25, 0.3) is 0 Å². The molecule has 92 valence electrons. The molecule has 1 saturated carbocycles. The van der Waals surface area contributed by atoms with Crippen LogP contribution in [-0.4, -0.2) is 24.2 Å². The largest absolute Gasteiger partial charge is 0.392 e. The molecule has 0 aromatic heterocycles. The first-order valence-electron chi connectivity index (χ1n) is 5.89. The average Bonchev–Trinajstić information content (AvgIpc) is 2.80. The van der Waals surface area contributed by atoms with Crippen molar-refractivity contribution >= 4 is 0 Å². The summed E-state index contributed by atoms with van der Waals surface area (Å²) < 4.78 is 37.5. The van der Waals surface area contributed by atoms with Crippen LogP contribution in [0.25, 0.3) is 0 Å². The van der Waals surface area contributed by atoms with Crippen LogP contribution in [0.2, 0.25) is 0 Å². The maximum atomic E-state index is 12.5. The number of fused-ring (bicyclic) bond motifs is 1. The topological polar surface area (TPSA) is 3.24 Å². The van der Waals surface area contributed by atoms with Crippen LogP contribution < -0.4 is 0 Å². The zero-order valence-corrected chi connectivity index (χ0v) is 9.32. The van der Waals surface area contributed by atoms with Crippen LogP contribution in [-0.2, 0) is 6.54 Å². The smallest absolute Gasteiger partial charge is 0.298 e. The lowest BCUT2D eigenvalue weighted by Gasteiger charge is -2.20. The standard InChI is InChI=1S/C13H14F3N/c14-13(15,16)12-10-7-17(8-11(10)12)6-9-4-2-1-3-5-9/h1-5,10-12H,6-8H2/t10-,11-/m1/s1. The Morgan fingerprint density at radius 1 is 1.06 bits per heavy atom. The lowest BCUT2D eigenvalue weighted by molar-refractivity contribution is -0.157. The molecule has 0 amide bonds. The minimum atomic E-state index is -3.98. The van der Waals surface area contributed by atoms with E-state index in [-0.39, 0.29) is 11.8 Å². The molecule has 1 aromatic carbocycles. The minimum Gasteiger partial charge on any atom is -0.298 e. The Kier molecular flexibility index (Phi) is 2.43. The van der Waals surface area contributed by atoms with Crippen molar-refractivity contribution in [2.75, 3.05) is 13.1 Å². The molecule has 1 nitrogen and oxygen atoms in total. The Balaban J connectivity index is 1.56. The number of halogens is 3. The fraction of sp³-hybridized carbons (Fsp3) is 0.538. The van der Waals surface area contributed by atoms with Gasteiger partial charge in [0, 0.05) is 19.6 Å². The Morgan fingerprint density at radius 3 is 2.18 bits per heavy atom. The second-order valence-electron chi connectivity index (χ2n) is 5.07. The molecule has 0 N–H and O–H groups in total. The summed E-state index contributed by atoms with van der Waals surface area (Å²) in [6.45, 7) is 1.98. The van der Waals surface area contributed by atoms with E-state index in [1.54, 1.807) is 0 Å². The van der Waals surface area contributed by atoms with Gasteiger partial charge in [-0.25, -0.2) is 0 Å². The Hall–Kier alpha value is -1.03. The second kappa shape index (κ2) is 3.73. The van der Waals surface area contributed by atoms with Crippen LogP contribution in [0.3, 0.4) is 0 Å². The third kappa shape index (κ3) is 2.06. The van der Waals surface area contributed by atoms with Crippen LogP contribution in [0.5, 0.6) is 0 Å². The molecule has 3 rings (SSSR count). The van der Waals surface area contributed by atoms with Gasteiger partial charge in [0.15, 0.2) is 0 Å². The van der Waals surface area contributed by atoms with Crippen molar-refractivity contribution in [3.8, 4) is 0 Å². The number of benzene rings is 1. The van der Waals surface area contributed by atoms with Crippen LogP contribution >= 0.6 is 0 Å². The van der Waals surface area contributed by atoms with Crippen molar-refractivity contribution in [1.82, 2.24) is 4.90 Å². The van der Waals surface area contributed by atoms with Gasteiger partial charge in [0.2, 0.25) is 0 Å². The molecule has 2 atom stereocenters. The normalized spacial score (nSPS) is 32.5. The molecule has 2 fully saturated rings. The first-order valence-corrected chi connectivity index (χ1v) is 5.89. The molecule has 0 spiro atoms. The molecule has 0 bridgehead atoms. The van der Waals surface area contributed by atoms with Gasteiger partial charge in [-0.3, -0.25) is 4.90 Å². The summed E-state index contributed by atoms with van der Waals surface area (Å²) in [5, 5.41) is 0. The predicted octanol–water partition coefficient (Wildman–Crippen LogP) is 2.93. The number of hydrogen-bond acceptors (Lipinski definition) is 1. The van der Waals surface area contributed by atoms with Crippen LogP contribution in [0.1, 0.15) is 5.56 Å². The number of likely N-dealkylation sites (tertiary alicyclic amines) is 1. The van der Waals surface area contributed by atoms with E-state index in [0.717, 1.165) is 6.54 Å². The molecule has 0 radical (unpaired) electrons. The lowest BCUT2D eigenvalue weighted by Crippen LogP contribution is -2.28. The van der Waals surface area contributed by atoms with E-state index in [9.17, 15) is 13.2 Å². The van der Waals surface area contributed by atoms with Crippen molar-refractivity contribution in [3.63, 3.8) is 0 Å². The maximum Gasteiger partial charge on any atom is 0.392 e. The Morgan fingerprint density at radius 2 is 1.65 bits per heavy atom. The number of hydrogen-bond donors (Lipinski definition) is 0. The number of nitrogens with zero attached hydrogens (tertiary/aromatic N) is 1. The molecular weight excluding hydrogens is 227 g/mol. The summed E-state index contributed by atoms with van der Waals surface area (Å²) in [7, 11) is 0. The van der Waals surface area contributed by atoms with E-state index in [4.69, 9.17) is 0 Å². The highest BCUT2D eigenvalue weighted by Crippen LogP contribution is 2.59. The number of piperidine rings is 1. The highest BCUT2D eigenvalue weighted by atomic mass is 19.4. The summed E-state index contributed by atoms with van der Waals surface area (Å²) in [5.41, 5.74) is 1.18. The highest BCUT2D eigenvalue weighted by Gasteiger charge is 2.66. The molecule has 2 aliphatic rings. The molecule has 1 aromatic rings. The van der Waals surface area contributed by atoms with Gasteiger partial charge >= 0.3 is 6.18 Å². The molecule has 17 heavy (non-hydrogen) atoms. The van der Waals surface area contributed by atoms with Crippen molar-refractivity contribution in [3.05, 3.63) is 35.9 Å². The van der Waals surface area contributed by atoms with E-state index in [2.05, 4.69) is 4.90 Å². The minimum absolute atomic E-state index is 0.140. The number of rotatable bonds is 2. The lowest BCUT2D eigenvalue weighted by atomic mass is 10.2. The van der Waals surface area contributed by atoms with E-state index in [1.807, 2.05) is 30.3 Å². The van der Waals surface area contributed by atoms with E-state index in [0.29, 0.717) is 13.1 Å². The fourth-order valence-corrected chi connectivity index (χ4v) is 3.07. The van der Waals surface area contributed by atoms with E-state index in [1.165, 1.54) is 5.56 Å². The van der Waals surface area contributed by atoms with Gasteiger partial charge in [-0.15, -0.1) is 0 Å². The first-order chi connectivity index (χ1) is 8.05. The van der Waals surface area contributed by atoms with E-state index >= 15 is 0 Å². The van der Waals surface area contributed by atoms with Crippen molar-refractivity contribution in [2.24, 2.45) is 17.8 Å². The highest BCUT2D eigenvalue weighted by molar-refractivity contribution is 5.16. The van der Waals surface area contributed by atoms with Crippen LogP contribution in [0, 0.1) is 17.8 Å². The first kappa shape index (κ1) is 11.1. The Labute approximate surface area is 98.2 Å². The average molecular weight is 241 g/mol. The van der Waals surface area contributed by atoms with Crippen LogP contribution in [0.4, 0.5) is 13.2 Å². The maximum absolute atomic E-state index is 12.5. The summed E-state index contributed by atoms with van der Waals surface area (Å²) in [6, 6.07) is 9.91. The van der Waals surface area contributed by atoms with E-state index < -0.39 is 12.1 Å². The number of alkyl halides is 3. The summed E-state index contributed by atoms with van der Waals surface area (Å²) in [4.78, 5) is 2.13. The van der Waals surface area contributed by atoms with Gasteiger partial charge in [-0.1, -0.05) is 30.3 Å². The third-order valence-electron chi connectivity index (χ3n) is 3.90. The summed E-state index contributed by atoms with van der Waals surface area (Å²) in [5.74, 6) is -1.30. The third-order valence-corrected chi connectivity index (χ3v) is 3.90. The summed E-state index contributed by atoms with van der Waals surface area (Å²) in [6.07, 6.45) is -3.98. The molecule has 1 heterocycles. The van der Waals surface area contributed by atoms with Gasteiger partial charge < -0.3 is 0 Å². The molecule has 1 aliphatic carbocycles. The summed E-state index contributed by atoms with van der Waals surface area (Å²) >= 11 is 0. The molecular formula is C13H14F3N. The van der Waals surface area contributed by atoms with Gasteiger partial charge in [0.05, 0.1) is 5.92 Å². The predicted molar refractivity (Wildman–Crippen MR) is 58.2 cm³/mol. The molecule has 4 heteroatoms. The fourth-order valence-electron chi connectivity index (χ4n) is 3.07. The molecule has 0 unspecified atom stereocenters. The second-order valence-corrected chi connectivity index (χ2v) is 5.07. The van der Waals surface area contributed by atoms with Crippen molar-refractivity contribution in [1.29, 1.82) is 0 Å². The Bertz CT molecular complexity index is 389. The van der Waals surface area contributed by atoms with Crippen molar-refractivity contribution in [2.45, 2.75) is 12.7 Å². The molecule has 1 saturated heterocycles. The quantitative estimate of drug-likeness (QED) is 0.769. The monoisotopic (exact) mass is 241 g/mol. The van der Waals surface area contributed by atoms with Crippen molar-refractivity contribution < 1.29 is 13.2 Å². The van der Waals surface area contributed by atoms with Gasteiger partial charge in [-0.05, 0) is 17.4 Å². The zero-order chi connectivity index (χ0) is 12.0. The van der Waals surface area contributed by atoms with Crippen LogP contribution in [0.15, 0.2) is 30.3 Å². The SMILES string of the molecule is FC(F)(F)C1[C@@H]2CN(Cc3ccccc3)C[C@@H]12. The van der Waals surface area contributed by atoms with Gasteiger partial charge in [0.1, 0.15) is 0 Å².